The Labute approximate surface area is 537 Å². The molecule has 13 rings (SSSR count). The fourth-order valence-corrected chi connectivity index (χ4v) is 13.7. The van der Waals surface area contributed by atoms with Crippen molar-refractivity contribution >= 4 is 107 Å². The van der Waals surface area contributed by atoms with Crippen molar-refractivity contribution < 1.29 is 0 Å². The second kappa shape index (κ2) is 21.5. The van der Waals surface area contributed by atoms with Crippen LogP contribution in [0.3, 0.4) is 0 Å². The Morgan fingerprint density at radius 1 is 0.300 bits per heavy atom. The molecule has 10 aromatic carbocycles. The Hall–Kier alpha value is -8.74. The normalized spacial score (nSPS) is 13.5. The van der Waals surface area contributed by atoms with Gasteiger partial charge in [0.2, 0.25) is 0 Å². The largest absolute Gasteiger partial charge is 0.356 e. The molecule has 0 unspecified atom stereocenters. The Bertz CT molecular complexity index is 4340. The number of hydrogen-bond donors (Lipinski definition) is 1. The molecule has 0 aliphatic carbocycles. The van der Waals surface area contributed by atoms with Crippen molar-refractivity contribution in [3.8, 4) is 5.69 Å². The van der Waals surface area contributed by atoms with E-state index in [1.165, 1.54) is 71.6 Å². The minimum absolute atomic E-state index is 0.00145. The van der Waals surface area contributed by atoms with Gasteiger partial charge in [-0.05, 0) is 191 Å². The maximum absolute atomic E-state index is 4.24. The molecule has 0 spiro atoms. The molecule has 454 valence electrons. The molecule has 0 fully saturated rings. The van der Waals surface area contributed by atoms with Gasteiger partial charge in [0.25, 0.3) is 6.71 Å². The van der Waals surface area contributed by atoms with Crippen LogP contribution in [0.2, 0.25) is 0 Å². The Balaban J connectivity index is 1.10. The number of para-hydroxylation sites is 2. The van der Waals surface area contributed by atoms with E-state index in [0.29, 0.717) is 0 Å². The second-order valence-corrected chi connectivity index (χ2v) is 31.8. The predicted octanol–water partition coefficient (Wildman–Crippen LogP) is 21.9. The topological polar surface area (TPSA) is 26.7 Å². The van der Waals surface area contributed by atoms with Crippen molar-refractivity contribution in [1.29, 1.82) is 0 Å². The highest BCUT2D eigenvalue weighted by Gasteiger charge is 2.43. The molecule has 3 heterocycles. The fourth-order valence-electron chi connectivity index (χ4n) is 13.7. The molecule has 0 saturated heterocycles. The molecule has 0 saturated carbocycles. The summed E-state index contributed by atoms with van der Waals surface area (Å²) < 4.78 is 2.49. The summed E-state index contributed by atoms with van der Waals surface area (Å²) in [6, 6.07) is 81.7. The number of fused-ring (bicyclic) bond motifs is 7. The number of nitrogens with zero attached hydrogens (tertiary/aromatic N) is 4. The lowest BCUT2D eigenvalue weighted by Crippen LogP contribution is -2.60. The molecule has 11 aromatic rings. The zero-order chi connectivity index (χ0) is 63.8. The number of nitrogens with one attached hydrogen (secondary N) is 1. The second-order valence-electron chi connectivity index (χ2n) is 31.8. The first-order chi connectivity index (χ1) is 42.4. The molecule has 6 heteroatoms. The Morgan fingerprint density at radius 2 is 0.667 bits per heavy atom. The zero-order valence-corrected chi connectivity index (χ0v) is 56.6. The third kappa shape index (κ3) is 10.9. The maximum atomic E-state index is 4.24. The SMILES string of the molecule is CC(C)(C)c1ccc(N(c2ccc(C(C)(C)C)cc2)c2ccc3c(c2)Nc2cc(-n4c5ccccc5c5ccccc54)cc4c2B3c2ccc(N(c3ccc(C(C)(C)C)cc3)c3ccc(C(C)(C)C)cc3)cc2N4c2cc(C(C)(C)C)cc(C(C)(C)C)c2)cc1. The number of rotatable bonds is 8. The van der Waals surface area contributed by atoms with Crippen molar-refractivity contribution in [3.63, 3.8) is 0 Å². The minimum Gasteiger partial charge on any atom is -0.356 e. The average molecular weight is 1180 g/mol. The maximum Gasteiger partial charge on any atom is 0.252 e. The molecule has 2 aliphatic heterocycles. The van der Waals surface area contributed by atoms with Crippen LogP contribution in [0.15, 0.2) is 212 Å². The van der Waals surface area contributed by atoms with Gasteiger partial charge in [0.15, 0.2) is 0 Å². The van der Waals surface area contributed by atoms with E-state index in [1.807, 2.05) is 0 Å². The number of anilines is 11. The molecule has 0 amide bonds. The molecular weight excluding hydrogens is 1090 g/mol. The van der Waals surface area contributed by atoms with Gasteiger partial charge >= 0.3 is 0 Å². The quantitative estimate of drug-likeness (QED) is 0.153. The molecule has 1 aromatic heterocycles. The van der Waals surface area contributed by atoms with E-state index in [-0.39, 0.29) is 39.2 Å². The number of hydrogen-bond acceptors (Lipinski definition) is 4. The van der Waals surface area contributed by atoms with E-state index in [0.717, 1.165) is 68.2 Å². The van der Waals surface area contributed by atoms with Crippen LogP contribution in [0.4, 0.5) is 62.6 Å². The summed E-state index contributed by atoms with van der Waals surface area (Å²) in [7, 11) is 0. The van der Waals surface area contributed by atoms with Crippen LogP contribution in [0, 0.1) is 0 Å². The first-order valence-corrected chi connectivity index (χ1v) is 32.6. The third-order valence-electron chi connectivity index (χ3n) is 19.1. The van der Waals surface area contributed by atoms with Crippen molar-refractivity contribution in [2.75, 3.05) is 20.0 Å². The minimum atomic E-state index is -0.131. The molecule has 90 heavy (non-hydrogen) atoms. The lowest BCUT2D eigenvalue weighted by Gasteiger charge is -2.42. The third-order valence-corrected chi connectivity index (χ3v) is 19.1. The molecule has 0 radical (unpaired) electrons. The molecular formula is C84H90BN5. The lowest BCUT2D eigenvalue weighted by molar-refractivity contribution is 0.568. The van der Waals surface area contributed by atoms with E-state index in [2.05, 4.69) is 362 Å². The van der Waals surface area contributed by atoms with Crippen LogP contribution in [0.25, 0.3) is 27.5 Å². The summed E-state index contributed by atoms with van der Waals surface area (Å²) in [5.74, 6) is 0. The van der Waals surface area contributed by atoms with Gasteiger partial charge in [-0.25, -0.2) is 0 Å². The summed E-state index contributed by atoms with van der Waals surface area (Å²) in [4.78, 5) is 7.54. The highest BCUT2D eigenvalue weighted by atomic mass is 15.2. The van der Waals surface area contributed by atoms with Gasteiger partial charge in [-0.1, -0.05) is 228 Å². The van der Waals surface area contributed by atoms with Crippen molar-refractivity contribution in [2.45, 2.75) is 157 Å². The average Bonchev–Trinajstić information content (AvgIpc) is 0.856. The standard InChI is InChI=1S/C84H90BN5/c1-79(2,3)54-27-35-60(36-28-54)87(61-37-29-55(30-38-61)80(4,5)6)64-43-45-70-72(50-64)86-73-51-67(89-74-25-21-19-23-68(74)69-24-20-22-26-75(69)89)53-77-78(73)85(70)71-46-44-65(52-76(71)90(77)66-48-58(83(13,14)15)47-59(49-66)84(16,17)18)88(62-39-31-56(32-40-62)81(7,8)9)63-41-33-57(34-42-63)82(10,11)12/h19-53,86H,1-18H3. The smallest absolute Gasteiger partial charge is 0.252 e. The van der Waals surface area contributed by atoms with Crippen molar-refractivity contribution in [1.82, 2.24) is 4.57 Å². The summed E-state index contributed by atoms with van der Waals surface area (Å²) in [6.45, 7) is 41.5. The first-order valence-electron chi connectivity index (χ1n) is 32.6. The van der Waals surface area contributed by atoms with Gasteiger partial charge in [-0.2, -0.15) is 0 Å². The van der Waals surface area contributed by atoms with Gasteiger partial charge in [-0.15, -0.1) is 0 Å². The molecule has 1 N–H and O–H groups in total. The van der Waals surface area contributed by atoms with Crippen molar-refractivity contribution in [2.24, 2.45) is 0 Å². The summed E-state index contributed by atoms with van der Waals surface area (Å²) in [5.41, 5.74) is 27.1. The summed E-state index contributed by atoms with van der Waals surface area (Å²) in [5, 5.41) is 6.70. The van der Waals surface area contributed by atoms with Gasteiger partial charge in [-0.3, -0.25) is 0 Å². The highest BCUT2D eigenvalue weighted by Crippen LogP contribution is 2.48. The molecule has 0 atom stereocenters. The summed E-state index contributed by atoms with van der Waals surface area (Å²) in [6.07, 6.45) is 0. The number of aromatic nitrogens is 1. The fraction of sp³-hybridized carbons (Fsp3) is 0.286. The molecule has 5 nitrogen and oxygen atoms in total. The van der Waals surface area contributed by atoms with Crippen LogP contribution < -0.4 is 36.4 Å². The van der Waals surface area contributed by atoms with E-state index in [4.69, 9.17) is 0 Å². The van der Waals surface area contributed by atoms with Crippen LogP contribution in [0.1, 0.15) is 158 Å². The monoisotopic (exact) mass is 1180 g/mol. The van der Waals surface area contributed by atoms with E-state index >= 15 is 0 Å². The van der Waals surface area contributed by atoms with Crippen LogP contribution >= 0.6 is 0 Å². The molecule has 0 bridgehead atoms. The zero-order valence-electron chi connectivity index (χ0n) is 56.6. The Morgan fingerprint density at radius 3 is 1.07 bits per heavy atom. The van der Waals surface area contributed by atoms with Gasteiger partial charge in [0.1, 0.15) is 0 Å². The lowest BCUT2D eigenvalue weighted by atomic mass is 9.33. The van der Waals surface area contributed by atoms with Crippen LogP contribution in [-0.4, -0.2) is 11.3 Å². The molecule has 2 aliphatic rings. The van der Waals surface area contributed by atoms with Gasteiger partial charge in [0, 0.05) is 73.3 Å². The van der Waals surface area contributed by atoms with Crippen LogP contribution in [-0.2, 0) is 32.5 Å². The highest BCUT2D eigenvalue weighted by molar-refractivity contribution is 7.00. The predicted molar refractivity (Wildman–Crippen MR) is 391 cm³/mol. The van der Waals surface area contributed by atoms with Crippen LogP contribution in [0.5, 0.6) is 0 Å². The van der Waals surface area contributed by atoms with Gasteiger partial charge in [0.05, 0.1) is 16.7 Å². The van der Waals surface area contributed by atoms with E-state index < -0.39 is 0 Å². The Kier molecular flexibility index (Phi) is 14.4. The first kappa shape index (κ1) is 60.2. The van der Waals surface area contributed by atoms with E-state index in [9.17, 15) is 0 Å². The summed E-state index contributed by atoms with van der Waals surface area (Å²) >= 11 is 0. The number of benzene rings is 10. The van der Waals surface area contributed by atoms with Crippen molar-refractivity contribution in [3.05, 3.63) is 246 Å². The van der Waals surface area contributed by atoms with Gasteiger partial charge < -0.3 is 24.6 Å². The van der Waals surface area contributed by atoms with E-state index in [1.54, 1.807) is 0 Å².